The van der Waals surface area contributed by atoms with E-state index < -0.39 is 0 Å². The Balaban J connectivity index is 2.34. The zero-order valence-corrected chi connectivity index (χ0v) is 7.00. The van der Waals surface area contributed by atoms with Gasteiger partial charge in [0, 0.05) is 0 Å². The highest BCUT2D eigenvalue weighted by Crippen LogP contribution is 2.02. The van der Waals surface area contributed by atoms with Crippen LogP contribution in [0.3, 0.4) is 0 Å². The molecule has 0 atom stereocenters. The summed E-state index contributed by atoms with van der Waals surface area (Å²) in [5, 5.41) is 0. The molecule has 0 bridgehead atoms. The maximum atomic E-state index is 2.30. The predicted molar refractivity (Wildman–Crippen MR) is 50.5 cm³/mol. The second kappa shape index (κ2) is 5.96. The molecule has 0 radical (unpaired) electrons. The van der Waals surface area contributed by atoms with Gasteiger partial charge in [-0.3, -0.25) is 0 Å². The fraction of sp³-hybridized carbons (Fsp3) is 0.455. The Labute approximate surface area is 69.3 Å². The minimum absolute atomic E-state index is 1.18. The quantitative estimate of drug-likeness (QED) is 0.460. The largest absolute Gasteiger partial charge is 0.0885 e. The van der Waals surface area contributed by atoms with Crippen molar-refractivity contribution in [3.05, 3.63) is 36.5 Å². The highest BCUT2D eigenvalue weighted by molar-refractivity contribution is 5.03. The van der Waals surface area contributed by atoms with E-state index >= 15 is 0 Å². The molecule has 0 nitrogen and oxygen atoms in total. The van der Waals surface area contributed by atoms with Crippen LogP contribution in [0.25, 0.3) is 0 Å². The molecule has 0 heterocycles. The van der Waals surface area contributed by atoms with Gasteiger partial charge < -0.3 is 0 Å². The van der Waals surface area contributed by atoms with E-state index in [0.29, 0.717) is 0 Å². The molecule has 0 fully saturated rings. The van der Waals surface area contributed by atoms with Gasteiger partial charge in [0.25, 0.3) is 0 Å². The summed E-state index contributed by atoms with van der Waals surface area (Å²) in [5.41, 5.74) is 0. The maximum absolute atomic E-state index is 2.30. The first-order valence-corrected chi connectivity index (χ1v) is 4.47. The van der Waals surface area contributed by atoms with E-state index in [9.17, 15) is 0 Å². The molecule has 0 aromatic heterocycles. The van der Waals surface area contributed by atoms with Crippen molar-refractivity contribution in [1.29, 1.82) is 0 Å². The zero-order chi connectivity index (χ0) is 7.78. The van der Waals surface area contributed by atoms with Crippen LogP contribution in [0.15, 0.2) is 36.5 Å². The summed E-state index contributed by atoms with van der Waals surface area (Å²) >= 11 is 0. The van der Waals surface area contributed by atoms with Crippen LogP contribution in [0.2, 0.25) is 0 Å². The van der Waals surface area contributed by atoms with Crippen LogP contribution in [0.4, 0.5) is 0 Å². The number of allylic oxidation sites excluding steroid dienone is 6. The van der Waals surface area contributed by atoms with Crippen LogP contribution in [-0.2, 0) is 0 Å². The lowest BCUT2D eigenvalue weighted by Crippen LogP contribution is -1.68. The molecule has 1 aliphatic rings. The smallest absolute Gasteiger partial charge is 0.0313 e. The molecule has 0 heteroatoms. The molecule has 0 aliphatic heterocycles. The fourth-order valence-electron chi connectivity index (χ4n) is 1.13. The summed E-state index contributed by atoms with van der Waals surface area (Å²) in [4.78, 5) is 0. The molecule has 60 valence electrons. The summed E-state index contributed by atoms with van der Waals surface area (Å²) in [7, 11) is 0. The predicted octanol–water partition coefficient (Wildman–Crippen LogP) is 3.62. The minimum Gasteiger partial charge on any atom is -0.0885 e. The Hall–Kier alpha value is -0.780. The Morgan fingerprint density at radius 1 is 0.545 bits per heavy atom. The van der Waals surface area contributed by atoms with Gasteiger partial charge in [-0.25, -0.2) is 0 Å². The molecule has 1 rings (SSSR count). The van der Waals surface area contributed by atoms with E-state index in [0.717, 1.165) is 0 Å². The van der Waals surface area contributed by atoms with E-state index in [4.69, 9.17) is 0 Å². The molecule has 11 heavy (non-hydrogen) atoms. The van der Waals surface area contributed by atoms with E-state index in [-0.39, 0.29) is 0 Å². The van der Waals surface area contributed by atoms with Gasteiger partial charge in [-0.15, -0.1) is 0 Å². The van der Waals surface area contributed by atoms with E-state index in [1.54, 1.807) is 0 Å². The molecule has 1 aliphatic carbocycles. The highest BCUT2D eigenvalue weighted by Gasteiger charge is 1.82. The van der Waals surface area contributed by atoms with Crippen molar-refractivity contribution in [2.75, 3.05) is 0 Å². The van der Waals surface area contributed by atoms with Gasteiger partial charge in [-0.05, 0) is 32.1 Å². The third kappa shape index (κ3) is 4.60. The van der Waals surface area contributed by atoms with Crippen molar-refractivity contribution in [1.82, 2.24) is 0 Å². The van der Waals surface area contributed by atoms with Gasteiger partial charge in [0.15, 0.2) is 0 Å². The van der Waals surface area contributed by atoms with Gasteiger partial charge in [0.05, 0.1) is 0 Å². The van der Waals surface area contributed by atoms with Crippen molar-refractivity contribution < 1.29 is 0 Å². The average Bonchev–Trinajstić information content (AvgIpc) is 2.08. The molecule has 0 spiro atoms. The first-order valence-electron chi connectivity index (χ1n) is 4.47. The number of rotatable bonds is 0. The molecule has 0 amide bonds. The van der Waals surface area contributed by atoms with Crippen molar-refractivity contribution in [2.24, 2.45) is 0 Å². The number of hydrogen-bond donors (Lipinski definition) is 0. The Bertz CT molecular complexity index is 161. The SMILES string of the molecule is C1=CCCC/C=C\CC/C=C/1. The summed E-state index contributed by atoms with van der Waals surface area (Å²) in [5.74, 6) is 0. The van der Waals surface area contributed by atoms with Crippen molar-refractivity contribution in [3.8, 4) is 0 Å². The van der Waals surface area contributed by atoms with Crippen LogP contribution in [0, 0.1) is 0 Å². The fourth-order valence-corrected chi connectivity index (χ4v) is 1.13. The topological polar surface area (TPSA) is 0 Å². The minimum atomic E-state index is 1.18. The first kappa shape index (κ1) is 8.32. The molecule has 0 saturated heterocycles. The van der Waals surface area contributed by atoms with Crippen LogP contribution < -0.4 is 0 Å². The normalized spacial score (nSPS) is 25.5. The van der Waals surface area contributed by atoms with Crippen molar-refractivity contribution in [2.45, 2.75) is 32.1 Å². The van der Waals surface area contributed by atoms with E-state index in [1.807, 2.05) is 0 Å². The zero-order valence-electron chi connectivity index (χ0n) is 7.00. The molecular formula is C11H16. The second-order valence-corrected chi connectivity index (χ2v) is 2.84. The molecule has 0 saturated carbocycles. The lowest BCUT2D eigenvalue weighted by atomic mass is 10.2. The van der Waals surface area contributed by atoms with Gasteiger partial charge in [-0.1, -0.05) is 36.5 Å². The lowest BCUT2D eigenvalue weighted by molar-refractivity contribution is 0.864. The Morgan fingerprint density at radius 3 is 2.00 bits per heavy atom. The Morgan fingerprint density at radius 2 is 1.09 bits per heavy atom. The maximum Gasteiger partial charge on any atom is -0.0313 e. The summed E-state index contributed by atoms with van der Waals surface area (Å²) < 4.78 is 0. The van der Waals surface area contributed by atoms with E-state index in [2.05, 4.69) is 36.5 Å². The summed E-state index contributed by atoms with van der Waals surface area (Å²) in [6, 6.07) is 0. The lowest BCUT2D eigenvalue weighted by Gasteiger charge is -1.88. The highest BCUT2D eigenvalue weighted by atomic mass is 13.9. The third-order valence-electron chi connectivity index (χ3n) is 1.79. The van der Waals surface area contributed by atoms with Crippen molar-refractivity contribution >= 4 is 0 Å². The van der Waals surface area contributed by atoms with Crippen LogP contribution in [-0.4, -0.2) is 0 Å². The van der Waals surface area contributed by atoms with Crippen LogP contribution in [0.1, 0.15) is 32.1 Å². The van der Waals surface area contributed by atoms with Crippen molar-refractivity contribution in [3.63, 3.8) is 0 Å². The third-order valence-corrected chi connectivity index (χ3v) is 1.79. The van der Waals surface area contributed by atoms with Crippen LogP contribution >= 0.6 is 0 Å². The summed E-state index contributed by atoms with van der Waals surface area (Å²) in [6.45, 7) is 0. The molecular weight excluding hydrogens is 132 g/mol. The van der Waals surface area contributed by atoms with Gasteiger partial charge >= 0.3 is 0 Å². The first-order chi connectivity index (χ1) is 5.50. The van der Waals surface area contributed by atoms with Crippen LogP contribution in [0.5, 0.6) is 0 Å². The molecule has 0 aromatic carbocycles. The van der Waals surface area contributed by atoms with E-state index in [1.165, 1.54) is 32.1 Å². The standard InChI is InChI=1S/C11H16/c1-2-4-6-8-10-11-9-7-5-3-1/h1-4,9,11H,5-8,10H2/b3-1+,4-2?,11-9-. The van der Waals surface area contributed by atoms with Gasteiger partial charge in [0.2, 0.25) is 0 Å². The van der Waals surface area contributed by atoms with Gasteiger partial charge in [0.1, 0.15) is 0 Å². The second-order valence-electron chi connectivity index (χ2n) is 2.84. The molecule has 0 unspecified atom stereocenters. The monoisotopic (exact) mass is 148 g/mol. The number of hydrogen-bond acceptors (Lipinski definition) is 0. The van der Waals surface area contributed by atoms with Gasteiger partial charge in [-0.2, -0.15) is 0 Å². The Kier molecular flexibility index (Phi) is 4.51. The average molecular weight is 148 g/mol. The molecule has 0 aromatic rings. The summed E-state index contributed by atoms with van der Waals surface area (Å²) in [6.07, 6.45) is 19.5. The molecule has 0 N–H and O–H groups in total.